The summed E-state index contributed by atoms with van der Waals surface area (Å²) < 4.78 is 26.6. The van der Waals surface area contributed by atoms with E-state index in [9.17, 15) is 23.1 Å². The summed E-state index contributed by atoms with van der Waals surface area (Å²) in [6.45, 7) is 6.14. The van der Waals surface area contributed by atoms with Crippen molar-refractivity contribution in [3.05, 3.63) is 17.0 Å². The van der Waals surface area contributed by atoms with Crippen LogP contribution in [0.2, 0.25) is 0 Å². The molecule has 1 saturated heterocycles. The average molecular weight is 389 g/mol. The third-order valence-electron chi connectivity index (χ3n) is 4.03. The van der Waals surface area contributed by atoms with Gasteiger partial charge in [0.15, 0.2) is 0 Å². The standard InChI is InChI=1S/C16H24N2O5S2/c1-16(2,3)15(21)17-9-8-11-6-7-13(24-11)25(22,23)18-10-4-5-12(18)14(19)20/h6-7,12H,4-5,8-10H2,1-3H3,(H,17,21)(H,19,20). The van der Waals surface area contributed by atoms with Crippen LogP contribution < -0.4 is 5.32 Å². The molecule has 9 heteroatoms. The number of nitrogens with zero attached hydrogens (tertiary/aromatic N) is 1. The first-order valence-electron chi connectivity index (χ1n) is 8.15. The fraction of sp³-hybridized carbons (Fsp3) is 0.625. The van der Waals surface area contributed by atoms with Crippen molar-refractivity contribution in [3.8, 4) is 0 Å². The van der Waals surface area contributed by atoms with E-state index >= 15 is 0 Å². The highest BCUT2D eigenvalue weighted by molar-refractivity contribution is 7.91. The van der Waals surface area contributed by atoms with Gasteiger partial charge in [-0.05, 0) is 31.4 Å². The van der Waals surface area contributed by atoms with E-state index in [2.05, 4.69) is 5.32 Å². The fourth-order valence-corrected chi connectivity index (χ4v) is 5.72. The Balaban J connectivity index is 2.03. The Kier molecular flexibility index (Phi) is 5.90. The molecule has 1 unspecified atom stereocenters. The van der Waals surface area contributed by atoms with E-state index in [1.807, 2.05) is 20.8 Å². The van der Waals surface area contributed by atoms with Crippen molar-refractivity contribution in [2.24, 2.45) is 5.41 Å². The molecule has 1 aliphatic rings. The van der Waals surface area contributed by atoms with E-state index in [4.69, 9.17) is 0 Å². The summed E-state index contributed by atoms with van der Waals surface area (Å²) >= 11 is 1.13. The summed E-state index contributed by atoms with van der Waals surface area (Å²) in [5.41, 5.74) is -0.467. The molecule has 25 heavy (non-hydrogen) atoms. The maximum Gasteiger partial charge on any atom is 0.322 e. The van der Waals surface area contributed by atoms with Crippen LogP contribution in [-0.2, 0) is 26.0 Å². The van der Waals surface area contributed by atoms with Gasteiger partial charge in [0.25, 0.3) is 10.0 Å². The number of amides is 1. The molecular formula is C16H24N2O5S2. The molecule has 1 atom stereocenters. The van der Waals surface area contributed by atoms with E-state index in [1.54, 1.807) is 6.07 Å². The molecule has 0 bridgehead atoms. The summed E-state index contributed by atoms with van der Waals surface area (Å²) in [6, 6.07) is 2.24. The van der Waals surface area contributed by atoms with Crippen LogP contribution in [-0.4, -0.2) is 48.8 Å². The zero-order valence-electron chi connectivity index (χ0n) is 14.6. The van der Waals surface area contributed by atoms with E-state index in [-0.39, 0.29) is 16.7 Å². The van der Waals surface area contributed by atoms with Crippen molar-refractivity contribution in [3.63, 3.8) is 0 Å². The minimum absolute atomic E-state index is 0.0572. The van der Waals surface area contributed by atoms with Crippen LogP contribution in [0.25, 0.3) is 0 Å². The van der Waals surface area contributed by atoms with Gasteiger partial charge >= 0.3 is 5.97 Å². The van der Waals surface area contributed by atoms with Gasteiger partial charge in [0.2, 0.25) is 5.91 Å². The number of carbonyl (C=O) groups excluding carboxylic acids is 1. The lowest BCUT2D eigenvalue weighted by Crippen LogP contribution is -2.40. The molecule has 7 nitrogen and oxygen atoms in total. The van der Waals surface area contributed by atoms with Gasteiger partial charge in [-0.3, -0.25) is 9.59 Å². The molecule has 0 radical (unpaired) electrons. The average Bonchev–Trinajstić information content (AvgIpc) is 3.15. The summed E-state index contributed by atoms with van der Waals surface area (Å²) in [7, 11) is -3.79. The quantitative estimate of drug-likeness (QED) is 0.772. The number of nitrogens with one attached hydrogen (secondary N) is 1. The summed E-state index contributed by atoms with van der Waals surface area (Å²) in [6.07, 6.45) is 1.42. The van der Waals surface area contributed by atoms with Crippen LogP contribution in [0.3, 0.4) is 0 Å². The predicted molar refractivity (Wildman–Crippen MR) is 95.0 cm³/mol. The number of hydrogen-bond acceptors (Lipinski definition) is 5. The van der Waals surface area contributed by atoms with Crippen LogP contribution in [0, 0.1) is 5.41 Å². The fourth-order valence-electron chi connectivity index (χ4n) is 2.59. The zero-order valence-corrected chi connectivity index (χ0v) is 16.2. The van der Waals surface area contributed by atoms with Gasteiger partial charge in [0, 0.05) is 23.4 Å². The van der Waals surface area contributed by atoms with Gasteiger partial charge in [-0.25, -0.2) is 8.42 Å². The highest BCUT2D eigenvalue weighted by Gasteiger charge is 2.40. The van der Waals surface area contributed by atoms with Gasteiger partial charge in [-0.2, -0.15) is 4.31 Å². The van der Waals surface area contributed by atoms with Crippen LogP contribution in [0.1, 0.15) is 38.5 Å². The smallest absolute Gasteiger partial charge is 0.322 e. The first kappa shape index (κ1) is 19.9. The number of sulfonamides is 1. The summed E-state index contributed by atoms with van der Waals surface area (Å²) in [5.74, 6) is -1.17. The SMILES string of the molecule is CC(C)(C)C(=O)NCCc1ccc(S(=O)(=O)N2CCCC2C(=O)O)s1. The summed E-state index contributed by atoms with van der Waals surface area (Å²) in [4.78, 5) is 23.9. The van der Waals surface area contributed by atoms with Crippen molar-refractivity contribution < 1.29 is 23.1 Å². The molecule has 2 N–H and O–H groups in total. The second-order valence-corrected chi connectivity index (χ2v) is 10.4. The minimum atomic E-state index is -3.79. The largest absolute Gasteiger partial charge is 0.480 e. The Morgan fingerprint density at radius 1 is 1.36 bits per heavy atom. The Bertz CT molecular complexity index is 749. The highest BCUT2D eigenvalue weighted by atomic mass is 32.2. The Morgan fingerprint density at radius 3 is 2.64 bits per heavy atom. The molecule has 0 aliphatic carbocycles. The second-order valence-electron chi connectivity index (χ2n) is 7.09. The number of thiophene rings is 1. The molecule has 0 saturated carbocycles. The molecule has 2 heterocycles. The lowest BCUT2D eigenvalue weighted by molar-refractivity contribution is -0.140. The van der Waals surface area contributed by atoms with E-state index < -0.39 is 27.4 Å². The molecule has 0 spiro atoms. The molecule has 1 aromatic heterocycles. The minimum Gasteiger partial charge on any atom is -0.480 e. The summed E-state index contributed by atoms with van der Waals surface area (Å²) in [5, 5.41) is 12.0. The molecule has 1 amide bonds. The van der Waals surface area contributed by atoms with Gasteiger partial charge in [-0.15, -0.1) is 11.3 Å². The lowest BCUT2D eigenvalue weighted by Gasteiger charge is -2.19. The Morgan fingerprint density at radius 2 is 2.04 bits per heavy atom. The molecular weight excluding hydrogens is 364 g/mol. The number of rotatable bonds is 6. The Labute approximate surface area is 152 Å². The first-order chi connectivity index (χ1) is 11.5. The third kappa shape index (κ3) is 4.59. The van der Waals surface area contributed by atoms with Crippen molar-refractivity contribution in [1.82, 2.24) is 9.62 Å². The van der Waals surface area contributed by atoms with E-state index in [0.717, 1.165) is 20.5 Å². The lowest BCUT2D eigenvalue weighted by atomic mass is 9.96. The maximum absolute atomic E-state index is 12.7. The van der Waals surface area contributed by atoms with Crippen LogP contribution in [0.15, 0.2) is 16.3 Å². The molecule has 1 fully saturated rings. The van der Waals surface area contributed by atoms with Crippen molar-refractivity contribution in [1.29, 1.82) is 0 Å². The van der Waals surface area contributed by atoms with Crippen molar-refractivity contribution in [2.75, 3.05) is 13.1 Å². The highest BCUT2D eigenvalue weighted by Crippen LogP contribution is 2.30. The molecule has 2 rings (SSSR count). The van der Waals surface area contributed by atoms with Gasteiger partial charge in [-0.1, -0.05) is 20.8 Å². The molecule has 1 aliphatic heterocycles. The molecule has 0 aromatic carbocycles. The number of carboxylic acid groups (broad SMARTS) is 1. The van der Waals surface area contributed by atoms with Gasteiger partial charge < -0.3 is 10.4 Å². The van der Waals surface area contributed by atoms with Crippen LogP contribution in [0.5, 0.6) is 0 Å². The number of hydrogen-bond donors (Lipinski definition) is 2. The molecule has 1 aromatic rings. The van der Waals surface area contributed by atoms with E-state index in [0.29, 0.717) is 25.8 Å². The third-order valence-corrected chi connectivity index (χ3v) is 7.55. The molecule has 140 valence electrons. The van der Waals surface area contributed by atoms with Gasteiger partial charge in [0.1, 0.15) is 10.3 Å². The monoisotopic (exact) mass is 388 g/mol. The van der Waals surface area contributed by atoms with E-state index in [1.165, 1.54) is 6.07 Å². The Hall–Kier alpha value is -1.45. The first-order valence-corrected chi connectivity index (χ1v) is 10.4. The topological polar surface area (TPSA) is 104 Å². The van der Waals surface area contributed by atoms with Gasteiger partial charge in [0.05, 0.1) is 0 Å². The van der Waals surface area contributed by atoms with Crippen molar-refractivity contribution >= 4 is 33.2 Å². The number of carboxylic acids is 1. The number of aliphatic carboxylic acids is 1. The number of carbonyl (C=O) groups is 2. The van der Waals surface area contributed by atoms with Crippen molar-refractivity contribution in [2.45, 2.75) is 50.3 Å². The predicted octanol–water partition coefficient (Wildman–Crippen LogP) is 1.69. The van der Waals surface area contributed by atoms with Crippen LogP contribution in [0.4, 0.5) is 0 Å². The van der Waals surface area contributed by atoms with Crippen LogP contribution >= 0.6 is 11.3 Å². The normalized spacial score (nSPS) is 19.1. The second kappa shape index (κ2) is 7.43. The zero-order chi connectivity index (χ0) is 18.8. The maximum atomic E-state index is 12.7.